The quantitative estimate of drug-likeness (QED) is 0.635. The first-order valence-corrected chi connectivity index (χ1v) is 8.82. The SMILES string of the molecule is CCNC(=NCc1ccc(OC)c(NC(C)=O)c1)N1CCC(C)(C)C1. The molecule has 1 amide bonds. The topological polar surface area (TPSA) is 66.0 Å². The summed E-state index contributed by atoms with van der Waals surface area (Å²) in [7, 11) is 1.59. The fraction of sp³-hybridized carbons (Fsp3) is 0.579. The van der Waals surface area contributed by atoms with E-state index in [0.29, 0.717) is 23.4 Å². The molecule has 1 aliphatic rings. The van der Waals surface area contributed by atoms with Crippen LogP contribution in [0.25, 0.3) is 0 Å². The summed E-state index contributed by atoms with van der Waals surface area (Å²) in [6, 6.07) is 5.76. The molecule has 0 spiro atoms. The lowest BCUT2D eigenvalue weighted by atomic mass is 9.93. The van der Waals surface area contributed by atoms with Crippen LogP contribution in [0.3, 0.4) is 0 Å². The van der Waals surface area contributed by atoms with Crippen LogP contribution in [0, 0.1) is 5.41 Å². The first-order valence-electron chi connectivity index (χ1n) is 8.82. The third-order valence-corrected chi connectivity index (χ3v) is 4.30. The molecule has 0 bridgehead atoms. The highest BCUT2D eigenvalue weighted by molar-refractivity contribution is 5.90. The van der Waals surface area contributed by atoms with Gasteiger partial charge in [-0.3, -0.25) is 4.79 Å². The Balaban J connectivity index is 2.15. The maximum absolute atomic E-state index is 11.4. The summed E-state index contributed by atoms with van der Waals surface area (Å²) in [6.07, 6.45) is 1.17. The number of amides is 1. The number of anilines is 1. The van der Waals surface area contributed by atoms with E-state index in [-0.39, 0.29) is 5.91 Å². The Morgan fingerprint density at radius 3 is 2.72 bits per heavy atom. The minimum atomic E-state index is -0.119. The molecule has 0 radical (unpaired) electrons. The molecule has 2 N–H and O–H groups in total. The van der Waals surface area contributed by atoms with Crippen LogP contribution in [0.5, 0.6) is 5.75 Å². The normalized spacial score (nSPS) is 16.7. The van der Waals surface area contributed by atoms with Crippen LogP contribution < -0.4 is 15.4 Å². The molecule has 0 aliphatic carbocycles. The number of ether oxygens (including phenoxy) is 1. The van der Waals surface area contributed by atoms with Crippen LogP contribution >= 0.6 is 0 Å². The maximum Gasteiger partial charge on any atom is 0.221 e. The molecule has 1 heterocycles. The van der Waals surface area contributed by atoms with Crippen molar-refractivity contribution in [1.82, 2.24) is 10.2 Å². The number of aliphatic imine (C=N–C) groups is 1. The summed E-state index contributed by atoms with van der Waals surface area (Å²) in [6.45, 7) is 11.6. The van der Waals surface area contributed by atoms with Gasteiger partial charge >= 0.3 is 0 Å². The van der Waals surface area contributed by atoms with E-state index >= 15 is 0 Å². The van der Waals surface area contributed by atoms with Gasteiger partial charge in [0, 0.05) is 26.6 Å². The Bertz CT molecular complexity index is 640. The van der Waals surface area contributed by atoms with Gasteiger partial charge in [0.15, 0.2) is 5.96 Å². The van der Waals surface area contributed by atoms with Gasteiger partial charge in [0.25, 0.3) is 0 Å². The zero-order valence-corrected chi connectivity index (χ0v) is 16.0. The van der Waals surface area contributed by atoms with Crippen LogP contribution in [0.2, 0.25) is 0 Å². The zero-order valence-electron chi connectivity index (χ0n) is 16.0. The van der Waals surface area contributed by atoms with E-state index < -0.39 is 0 Å². The molecule has 25 heavy (non-hydrogen) atoms. The van der Waals surface area contributed by atoms with Gasteiger partial charge in [-0.25, -0.2) is 4.99 Å². The molecule has 1 aromatic rings. The van der Waals surface area contributed by atoms with E-state index in [2.05, 4.69) is 36.3 Å². The van der Waals surface area contributed by atoms with Crippen molar-refractivity contribution in [2.75, 3.05) is 32.1 Å². The third kappa shape index (κ3) is 5.37. The molecule has 6 heteroatoms. The van der Waals surface area contributed by atoms with E-state index in [9.17, 15) is 4.79 Å². The molecular weight excluding hydrogens is 316 g/mol. The van der Waals surface area contributed by atoms with Crippen molar-refractivity contribution in [1.29, 1.82) is 0 Å². The van der Waals surface area contributed by atoms with Gasteiger partial charge in [-0.2, -0.15) is 0 Å². The van der Waals surface area contributed by atoms with Gasteiger partial charge < -0.3 is 20.3 Å². The van der Waals surface area contributed by atoms with Gasteiger partial charge in [0.05, 0.1) is 19.3 Å². The highest BCUT2D eigenvalue weighted by Crippen LogP contribution is 2.29. The number of hydrogen-bond acceptors (Lipinski definition) is 3. The Labute approximate surface area is 150 Å². The van der Waals surface area contributed by atoms with E-state index in [1.165, 1.54) is 13.3 Å². The lowest BCUT2D eigenvalue weighted by molar-refractivity contribution is -0.114. The second kappa shape index (κ2) is 8.23. The Kier molecular flexibility index (Phi) is 6.28. The fourth-order valence-corrected chi connectivity index (χ4v) is 3.03. The fourth-order valence-electron chi connectivity index (χ4n) is 3.03. The number of nitrogens with one attached hydrogen (secondary N) is 2. The molecule has 2 rings (SSSR count). The van der Waals surface area contributed by atoms with Crippen molar-refractivity contribution in [2.24, 2.45) is 10.4 Å². The lowest BCUT2D eigenvalue weighted by Crippen LogP contribution is -2.40. The van der Waals surface area contributed by atoms with Crippen LogP contribution in [0.4, 0.5) is 5.69 Å². The summed E-state index contributed by atoms with van der Waals surface area (Å²) < 4.78 is 5.30. The van der Waals surface area contributed by atoms with Crippen molar-refractivity contribution >= 4 is 17.6 Å². The summed E-state index contributed by atoms with van der Waals surface area (Å²) in [5.74, 6) is 1.48. The molecule has 138 valence electrons. The highest BCUT2D eigenvalue weighted by Gasteiger charge is 2.30. The minimum absolute atomic E-state index is 0.119. The maximum atomic E-state index is 11.4. The second-order valence-electron chi connectivity index (χ2n) is 7.22. The Morgan fingerprint density at radius 2 is 2.16 bits per heavy atom. The lowest BCUT2D eigenvalue weighted by Gasteiger charge is -2.23. The average molecular weight is 346 g/mol. The number of nitrogens with zero attached hydrogens (tertiary/aromatic N) is 2. The number of benzene rings is 1. The molecule has 6 nitrogen and oxygen atoms in total. The molecule has 0 saturated carbocycles. The largest absolute Gasteiger partial charge is 0.495 e. The Morgan fingerprint density at radius 1 is 1.40 bits per heavy atom. The highest BCUT2D eigenvalue weighted by atomic mass is 16.5. The monoisotopic (exact) mass is 346 g/mol. The molecule has 1 saturated heterocycles. The van der Waals surface area contributed by atoms with E-state index in [1.807, 2.05) is 18.2 Å². The van der Waals surface area contributed by atoms with E-state index in [0.717, 1.165) is 31.2 Å². The second-order valence-corrected chi connectivity index (χ2v) is 7.22. The van der Waals surface area contributed by atoms with Gasteiger partial charge in [0.2, 0.25) is 5.91 Å². The summed E-state index contributed by atoms with van der Waals surface area (Å²) in [4.78, 5) is 18.5. The summed E-state index contributed by atoms with van der Waals surface area (Å²) >= 11 is 0. The van der Waals surface area contributed by atoms with E-state index in [1.54, 1.807) is 7.11 Å². The van der Waals surface area contributed by atoms with Crippen molar-refractivity contribution < 1.29 is 9.53 Å². The average Bonchev–Trinajstić information content (AvgIpc) is 2.91. The zero-order chi connectivity index (χ0) is 18.4. The third-order valence-electron chi connectivity index (χ3n) is 4.30. The van der Waals surface area contributed by atoms with Crippen LogP contribution in [-0.4, -0.2) is 43.5 Å². The number of carbonyl (C=O) groups excluding carboxylic acids is 1. The predicted molar refractivity (Wildman–Crippen MR) is 102 cm³/mol. The first-order chi connectivity index (χ1) is 11.8. The summed E-state index contributed by atoms with van der Waals surface area (Å²) in [5, 5.41) is 6.19. The number of guanidine groups is 1. The molecule has 1 aromatic carbocycles. The minimum Gasteiger partial charge on any atom is -0.495 e. The van der Waals surface area contributed by atoms with Crippen molar-refractivity contribution in [2.45, 2.75) is 40.7 Å². The number of hydrogen-bond donors (Lipinski definition) is 2. The molecule has 0 aromatic heterocycles. The number of likely N-dealkylation sites (tertiary alicyclic amines) is 1. The van der Waals surface area contributed by atoms with Gasteiger partial charge in [-0.05, 0) is 36.5 Å². The Hall–Kier alpha value is -2.24. The van der Waals surface area contributed by atoms with Crippen molar-refractivity contribution in [3.05, 3.63) is 23.8 Å². The standard InChI is InChI=1S/C19H30N4O2/c1-6-20-18(23-10-9-19(3,4)13-23)21-12-15-7-8-17(25-5)16(11-15)22-14(2)24/h7-8,11H,6,9-10,12-13H2,1-5H3,(H,20,21)(H,22,24). The molecule has 1 aliphatic heterocycles. The van der Waals surface area contributed by atoms with Gasteiger partial charge in [0.1, 0.15) is 5.75 Å². The van der Waals surface area contributed by atoms with Gasteiger partial charge in [-0.15, -0.1) is 0 Å². The molecular formula is C19H30N4O2. The number of methoxy groups -OCH3 is 1. The summed E-state index contributed by atoms with van der Waals surface area (Å²) in [5.41, 5.74) is 2.03. The van der Waals surface area contributed by atoms with E-state index in [4.69, 9.17) is 9.73 Å². The van der Waals surface area contributed by atoms with Crippen LogP contribution in [0.1, 0.15) is 39.7 Å². The van der Waals surface area contributed by atoms with Crippen molar-refractivity contribution in [3.63, 3.8) is 0 Å². The molecule has 0 unspecified atom stereocenters. The first kappa shape index (κ1) is 19.1. The predicted octanol–water partition coefficient (Wildman–Crippen LogP) is 2.85. The van der Waals surface area contributed by atoms with Crippen LogP contribution in [0.15, 0.2) is 23.2 Å². The molecule has 0 atom stereocenters. The van der Waals surface area contributed by atoms with Gasteiger partial charge in [-0.1, -0.05) is 19.9 Å². The number of rotatable bonds is 5. The number of carbonyl (C=O) groups is 1. The van der Waals surface area contributed by atoms with Crippen LogP contribution in [-0.2, 0) is 11.3 Å². The molecule has 1 fully saturated rings. The smallest absolute Gasteiger partial charge is 0.221 e. The van der Waals surface area contributed by atoms with Crippen molar-refractivity contribution in [3.8, 4) is 5.75 Å².